The Kier molecular flexibility index (Phi) is 5.29. The molecule has 3 aromatic carbocycles. The molecule has 1 heterocycles. The minimum Gasteiger partial charge on any atom is -0.497 e. The highest BCUT2D eigenvalue weighted by Crippen LogP contribution is 2.31. The zero-order valence-corrected chi connectivity index (χ0v) is 16.0. The number of fused-ring (bicyclic) bond motifs is 2. The summed E-state index contributed by atoms with van der Waals surface area (Å²) in [5.74, 6) is 0.642. The van der Waals surface area contributed by atoms with Gasteiger partial charge in [-0.1, -0.05) is 42.5 Å². The van der Waals surface area contributed by atoms with Crippen molar-refractivity contribution < 1.29 is 23.8 Å². The number of benzene rings is 3. The zero-order chi connectivity index (χ0) is 20.2. The fourth-order valence-corrected chi connectivity index (χ4v) is 3.26. The van der Waals surface area contributed by atoms with Gasteiger partial charge in [0.1, 0.15) is 24.7 Å². The average Bonchev–Trinajstić information content (AvgIpc) is 2.89. The number of ketones is 1. The van der Waals surface area contributed by atoms with E-state index in [1.54, 1.807) is 37.4 Å². The first kappa shape index (κ1) is 18.7. The van der Waals surface area contributed by atoms with Crippen molar-refractivity contribution >= 4 is 11.8 Å². The SMILES string of the molecule is COc1ccc2c(c1)C(=O)c1ccc(CC(=O)OCc3ccccc3)cc1OC2. The van der Waals surface area contributed by atoms with E-state index in [1.165, 1.54) is 0 Å². The van der Waals surface area contributed by atoms with Gasteiger partial charge in [-0.3, -0.25) is 9.59 Å². The molecule has 29 heavy (non-hydrogen) atoms. The Morgan fingerprint density at radius 3 is 2.59 bits per heavy atom. The molecule has 4 rings (SSSR count). The molecular weight excluding hydrogens is 368 g/mol. The van der Waals surface area contributed by atoms with Crippen LogP contribution in [0.3, 0.4) is 0 Å². The maximum atomic E-state index is 13.0. The predicted molar refractivity (Wildman–Crippen MR) is 107 cm³/mol. The number of carbonyl (C=O) groups is 2. The number of carbonyl (C=O) groups excluding carboxylic acids is 2. The van der Waals surface area contributed by atoms with Crippen LogP contribution in [0.1, 0.15) is 32.6 Å². The first-order valence-electron chi connectivity index (χ1n) is 9.31. The summed E-state index contributed by atoms with van der Waals surface area (Å²) in [6, 6.07) is 20.1. The van der Waals surface area contributed by atoms with E-state index in [9.17, 15) is 9.59 Å². The first-order chi connectivity index (χ1) is 14.1. The Balaban J connectivity index is 1.49. The van der Waals surface area contributed by atoms with E-state index >= 15 is 0 Å². The third-order valence-corrected chi connectivity index (χ3v) is 4.83. The molecule has 0 aliphatic carbocycles. The molecule has 5 nitrogen and oxygen atoms in total. The van der Waals surface area contributed by atoms with Crippen LogP contribution in [0.25, 0.3) is 0 Å². The summed E-state index contributed by atoms with van der Waals surface area (Å²) < 4.78 is 16.4. The van der Waals surface area contributed by atoms with Crippen molar-refractivity contribution in [2.75, 3.05) is 7.11 Å². The van der Waals surface area contributed by atoms with E-state index in [0.717, 1.165) is 16.7 Å². The van der Waals surface area contributed by atoms with Crippen molar-refractivity contribution in [3.63, 3.8) is 0 Å². The first-order valence-corrected chi connectivity index (χ1v) is 9.31. The summed E-state index contributed by atoms with van der Waals surface area (Å²) in [6.45, 7) is 0.511. The van der Waals surface area contributed by atoms with Gasteiger partial charge in [0.15, 0.2) is 5.78 Å². The zero-order valence-electron chi connectivity index (χ0n) is 16.0. The van der Waals surface area contributed by atoms with Crippen LogP contribution >= 0.6 is 0 Å². The van der Waals surface area contributed by atoms with E-state index in [4.69, 9.17) is 14.2 Å². The van der Waals surface area contributed by atoms with Gasteiger partial charge in [-0.05, 0) is 35.4 Å². The lowest BCUT2D eigenvalue weighted by Crippen LogP contribution is -2.09. The minimum absolute atomic E-state index is 0.110. The lowest BCUT2D eigenvalue weighted by Gasteiger charge is -2.09. The number of ether oxygens (including phenoxy) is 3. The summed E-state index contributed by atoms with van der Waals surface area (Å²) in [7, 11) is 1.57. The van der Waals surface area contributed by atoms with Gasteiger partial charge in [0.2, 0.25) is 0 Å². The van der Waals surface area contributed by atoms with Crippen LogP contribution in [0.5, 0.6) is 11.5 Å². The van der Waals surface area contributed by atoms with Crippen molar-refractivity contribution in [1.82, 2.24) is 0 Å². The third kappa shape index (κ3) is 4.14. The second kappa shape index (κ2) is 8.19. The van der Waals surface area contributed by atoms with Crippen molar-refractivity contribution in [3.05, 3.63) is 94.5 Å². The molecule has 0 unspecified atom stereocenters. The molecule has 0 amide bonds. The van der Waals surface area contributed by atoms with Gasteiger partial charge in [-0.15, -0.1) is 0 Å². The Hall–Kier alpha value is -3.60. The molecule has 3 aromatic rings. The van der Waals surface area contributed by atoms with E-state index in [-0.39, 0.29) is 31.4 Å². The van der Waals surface area contributed by atoms with Crippen molar-refractivity contribution in [1.29, 1.82) is 0 Å². The lowest BCUT2D eigenvalue weighted by molar-refractivity contribution is -0.144. The van der Waals surface area contributed by atoms with Crippen molar-refractivity contribution in [2.24, 2.45) is 0 Å². The Bertz CT molecular complexity index is 1060. The predicted octanol–water partition coefficient (Wildman–Crippen LogP) is 4.10. The topological polar surface area (TPSA) is 61.8 Å². The molecule has 146 valence electrons. The number of esters is 1. The standard InChI is InChI=1S/C24H20O5/c1-27-19-9-8-18-15-28-22-11-17(7-10-20(22)24(26)21(18)13-19)12-23(25)29-14-16-5-3-2-4-6-16/h2-11,13H,12,14-15H2,1H3. The molecule has 0 N–H and O–H groups in total. The van der Waals surface area contributed by atoms with Crippen LogP contribution in [0, 0.1) is 0 Å². The van der Waals surface area contributed by atoms with Crippen LogP contribution in [-0.4, -0.2) is 18.9 Å². The molecular formula is C24H20O5. The van der Waals surface area contributed by atoms with E-state index in [2.05, 4.69) is 0 Å². The van der Waals surface area contributed by atoms with E-state index in [1.807, 2.05) is 36.4 Å². The second-order valence-corrected chi connectivity index (χ2v) is 6.79. The highest BCUT2D eigenvalue weighted by atomic mass is 16.5. The van der Waals surface area contributed by atoms with Crippen molar-refractivity contribution in [3.8, 4) is 11.5 Å². The fraction of sp³-hybridized carbons (Fsp3) is 0.167. The number of hydrogen-bond donors (Lipinski definition) is 0. The molecule has 0 saturated heterocycles. The lowest BCUT2D eigenvalue weighted by atomic mass is 9.97. The Labute approximate surface area is 168 Å². The van der Waals surface area contributed by atoms with Crippen LogP contribution in [0.2, 0.25) is 0 Å². The van der Waals surface area contributed by atoms with Gasteiger partial charge in [-0.25, -0.2) is 0 Å². The van der Waals surface area contributed by atoms with Gasteiger partial charge in [-0.2, -0.15) is 0 Å². The highest BCUT2D eigenvalue weighted by molar-refractivity contribution is 6.12. The van der Waals surface area contributed by atoms with Gasteiger partial charge in [0.25, 0.3) is 0 Å². The van der Waals surface area contributed by atoms with E-state index in [0.29, 0.717) is 22.6 Å². The van der Waals surface area contributed by atoms with Gasteiger partial charge in [0, 0.05) is 11.1 Å². The maximum absolute atomic E-state index is 13.0. The summed E-state index contributed by atoms with van der Waals surface area (Å²) >= 11 is 0. The Morgan fingerprint density at radius 1 is 0.966 bits per heavy atom. The average molecular weight is 388 g/mol. The molecule has 0 radical (unpaired) electrons. The largest absolute Gasteiger partial charge is 0.497 e. The fourth-order valence-electron chi connectivity index (χ4n) is 3.26. The van der Waals surface area contributed by atoms with Gasteiger partial charge in [0.05, 0.1) is 19.1 Å². The summed E-state index contributed by atoms with van der Waals surface area (Å²) in [5, 5.41) is 0. The quantitative estimate of drug-likeness (QED) is 0.616. The van der Waals surface area contributed by atoms with Gasteiger partial charge < -0.3 is 14.2 Å². The minimum atomic E-state index is -0.332. The molecule has 0 saturated carbocycles. The third-order valence-electron chi connectivity index (χ3n) is 4.83. The summed E-state index contributed by atoms with van der Waals surface area (Å²) in [4.78, 5) is 25.2. The Morgan fingerprint density at radius 2 is 1.79 bits per heavy atom. The normalized spacial score (nSPS) is 12.2. The number of hydrogen-bond acceptors (Lipinski definition) is 5. The highest BCUT2D eigenvalue weighted by Gasteiger charge is 2.23. The van der Waals surface area contributed by atoms with Crippen LogP contribution < -0.4 is 9.47 Å². The number of methoxy groups -OCH3 is 1. The monoisotopic (exact) mass is 388 g/mol. The molecule has 0 bridgehead atoms. The molecule has 0 spiro atoms. The van der Waals surface area contributed by atoms with Gasteiger partial charge >= 0.3 is 5.97 Å². The molecule has 0 fully saturated rings. The molecule has 5 heteroatoms. The smallest absolute Gasteiger partial charge is 0.310 e. The summed E-state index contributed by atoms with van der Waals surface area (Å²) in [5.41, 5.74) is 3.51. The summed E-state index contributed by atoms with van der Waals surface area (Å²) in [6.07, 6.45) is 0.110. The molecule has 1 aliphatic rings. The molecule has 1 aliphatic heterocycles. The molecule has 0 aromatic heterocycles. The maximum Gasteiger partial charge on any atom is 0.310 e. The van der Waals surface area contributed by atoms with E-state index < -0.39 is 0 Å². The van der Waals surface area contributed by atoms with Crippen LogP contribution in [0.4, 0.5) is 0 Å². The van der Waals surface area contributed by atoms with Crippen LogP contribution in [-0.2, 0) is 29.2 Å². The number of rotatable bonds is 5. The molecule has 0 atom stereocenters. The van der Waals surface area contributed by atoms with Crippen LogP contribution in [0.15, 0.2) is 66.7 Å². The van der Waals surface area contributed by atoms with Crippen molar-refractivity contribution in [2.45, 2.75) is 19.6 Å². The second-order valence-electron chi connectivity index (χ2n) is 6.79.